The number of carbonyl (C=O) groups excluding carboxylic acids is 2. The van der Waals surface area contributed by atoms with Crippen LogP contribution in [0.25, 0.3) is 0 Å². The van der Waals surface area contributed by atoms with E-state index >= 15 is 0 Å². The van der Waals surface area contributed by atoms with Gasteiger partial charge in [-0.1, -0.05) is 24.8 Å². The molecule has 0 fully saturated rings. The zero-order chi connectivity index (χ0) is 14.5. The van der Waals surface area contributed by atoms with E-state index in [0.717, 1.165) is 0 Å². The molecule has 0 amide bonds. The van der Waals surface area contributed by atoms with Crippen LogP contribution in [0.2, 0.25) is 0 Å². The first-order chi connectivity index (χ1) is 8.82. The molecule has 2 N–H and O–H groups in total. The van der Waals surface area contributed by atoms with E-state index in [9.17, 15) is 19.8 Å². The monoisotopic (exact) mass is 266 g/mol. The number of ether oxygens (including phenoxy) is 2. The lowest BCUT2D eigenvalue weighted by Crippen LogP contribution is -2.40. The summed E-state index contributed by atoms with van der Waals surface area (Å²) in [5.41, 5.74) is 0.228. The highest BCUT2D eigenvalue weighted by molar-refractivity contribution is 5.89. The highest BCUT2D eigenvalue weighted by Crippen LogP contribution is 2.10. The molecule has 1 aromatic rings. The first kappa shape index (κ1) is 14.9. The zero-order valence-corrected chi connectivity index (χ0v) is 10.3. The van der Waals surface area contributed by atoms with Gasteiger partial charge in [-0.3, -0.25) is 0 Å². The number of aliphatic hydroxyl groups is 2. The number of rotatable bonds is 5. The molecule has 1 aromatic carbocycles. The van der Waals surface area contributed by atoms with Crippen LogP contribution < -0.4 is 0 Å². The van der Waals surface area contributed by atoms with Gasteiger partial charge in [0.25, 0.3) is 0 Å². The van der Waals surface area contributed by atoms with Gasteiger partial charge in [0.2, 0.25) is 0 Å². The van der Waals surface area contributed by atoms with Crippen LogP contribution in [0, 0.1) is 0 Å². The van der Waals surface area contributed by atoms with E-state index in [4.69, 9.17) is 0 Å². The number of hydrogen-bond acceptors (Lipinski definition) is 6. The molecule has 0 aliphatic carbocycles. The van der Waals surface area contributed by atoms with Gasteiger partial charge in [-0.2, -0.15) is 0 Å². The van der Waals surface area contributed by atoms with E-state index in [1.165, 1.54) is 19.1 Å². The molecule has 0 heterocycles. The molecule has 0 aliphatic heterocycles. The van der Waals surface area contributed by atoms with Crippen LogP contribution >= 0.6 is 0 Å². The number of esters is 2. The van der Waals surface area contributed by atoms with Gasteiger partial charge in [0.15, 0.2) is 6.61 Å². The number of hydrogen-bond donors (Lipinski definition) is 2. The molecule has 102 valence electrons. The summed E-state index contributed by atoms with van der Waals surface area (Å²) in [5, 5.41) is 18.8. The van der Waals surface area contributed by atoms with E-state index in [2.05, 4.69) is 16.1 Å². The fourth-order valence-electron chi connectivity index (χ4n) is 1.09. The van der Waals surface area contributed by atoms with Gasteiger partial charge in [0.1, 0.15) is 0 Å². The van der Waals surface area contributed by atoms with Gasteiger partial charge in [-0.15, -0.1) is 0 Å². The Hall–Kier alpha value is -2.18. The molecule has 0 saturated heterocycles. The molecule has 0 aromatic heterocycles. The summed E-state index contributed by atoms with van der Waals surface area (Å²) in [4.78, 5) is 22.6. The van der Waals surface area contributed by atoms with Crippen LogP contribution in [0.15, 0.2) is 42.5 Å². The van der Waals surface area contributed by atoms with E-state index in [0.29, 0.717) is 0 Å². The molecule has 0 atom stereocenters. The lowest BCUT2D eigenvalue weighted by atomic mass is 10.2. The first-order valence-corrected chi connectivity index (χ1v) is 5.37. The summed E-state index contributed by atoms with van der Waals surface area (Å²) in [7, 11) is 0. The number of carbonyl (C=O) groups is 2. The molecular formula is C13H14O6. The molecule has 19 heavy (non-hydrogen) atoms. The standard InChI is InChI=1S/C13H14O6/c1-9(2)11(14)18-8-13(16,17)19-12(15)10-6-4-3-5-7-10/h3-7,16-17H,1,8H2,2H3. The highest BCUT2D eigenvalue weighted by Gasteiger charge is 2.31. The van der Waals surface area contributed by atoms with Crippen molar-refractivity contribution in [2.75, 3.05) is 6.61 Å². The predicted octanol–water partition coefficient (Wildman–Crippen LogP) is 0.601. The van der Waals surface area contributed by atoms with E-state index in [1.807, 2.05) is 0 Å². The lowest BCUT2D eigenvalue weighted by Gasteiger charge is -2.21. The van der Waals surface area contributed by atoms with Gasteiger partial charge >= 0.3 is 17.9 Å². The van der Waals surface area contributed by atoms with Crippen molar-refractivity contribution in [2.24, 2.45) is 0 Å². The third-order valence-electron chi connectivity index (χ3n) is 2.01. The van der Waals surface area contributed by atoms with Crippen molar-refractivity contribution in [3.63, 3.8) is 0 Å². The maximum atomic E-state index is 11.5. The summed E-state index contributed by atoms with van der Waals surface area (Å²) in [6, 6.07) is 7.76. The summed E-state index contributed by atoms with van der Waals surface area (Å²) in [6.45, 7) is 3.81. The molecule has 6 heteroatoms. The van der Waals surface area contributed by atoms with Crippen molar-refractivity contribution in [1.29, 1.82) is 0 Å². The van der Waals surface area contributed by atoms with Gasteiger partial charge in [0, 0.05) is 5.57 Å². The Morgan fingerprint density at radius 2 is 1.84 bits per heavy atom. The molecule has 0 bridgehead atoms. The van der Waals surface area contributed by atoms with Crippen LogP contribution in [0.1, 0.15) is 17.3 Å². The summed E-state index contributed by atoms with van der Waals surface area (Å²) >= 11 is 0. The molecule has 0 spiro atoms. The second-order valence-electron chi connectivity index (χ2n) is 3.86. The Morgan fingerprint density at radius 3 is 2.37 bits per heavy atom. The molecule has 0 unspecified atom stereocenters. The van der Waals surface area contributed by atoms with Crippen LogP contribution in [-0.2, 0) is 14.3 Å². The van der Waals surface area contributed by atoms with Crippen molar-refractivity contribution in [2.45, 2.75) is 12.9 Å². The maximum Gasteiger partial charge on any atom is 0.360 e. The summed E-state index contributed by atoms with van der Waals surface area (Å²) in [5.74, 6) is -4.65. The molecule has 0 saturated carbocycles. The average molecular weight is 266 g/mol. The summed E-state index contributed by atoms with van der Waals surface area (Å²) in [6.07, 6.45) is 0. The van der Waals surface area contributed by atoms with Crippen LogP contribution in [0.3, 0.4) is 0 Å². The Morgan fingerprint density at radius 1 is 1.26 bits per heavy atom. The smallest absolute Gasteiger partial charge is 0.360 e. The third-order valence-corrected chi connectivity index (χ3v) is 2.01. The normalized spacial score (nSPS) is 10.7. The maximum absolute atomic E-state index is 11.5. The van der Waals surface area contributed by atoms with Crippen LogP contribution in [0.4, 0.5) is 0 Å². The average Bonchev–Trinajstić information content (AvgIpc) is 2.36. The van der Waals surface area contributed by atoms with Crippen molar-refractivity contribution >= 4 is 11.9 Å². The Labute approximate surface area is 109 Å². The SMILES string of the molecule is C=C(C)C(=O)OCC(O)(O)OC(=O)c1ccccc1. The number of benzene rings is 1. The molecule has 1 rings (SSSR count). The highest BCUT2D eigenvalue weighted by atomic mass is 16.8. The molecule has 0 aliphatic rings. The minimum absolute atomic E-state index is 0.0881. The Kier molecular flexibility index (Phi) is 4.80. The van der Waals surface area contributed by atoms with E-state index in [-0.39, 0.29) is 11.1 Å². The first-order valence-electron chi connectivity index (χ1n) is 5.37. The Bertz CT molecular complexity index is 477. The zero-order valence-electron chi connectivity index (χ0n) is 10.3. The van der Waals surface area contributed by atoms with Crippen LogP contribution in [-0.4, -0.2) is 34.7 Å². The second kappa shape index (κ2) is 6.12. The summed E-state index contributed by atoms with van der Waals surface area (Å²) < 4.78 is 8.91. The van der Waals surface area contributed by atoms with Gasteiger partial charge < -0.3 is 19.7 Å². The largest absolute Gasteiger partial charge is 0.452 e. The van der Waals surface area contributed by atoms with E-state index < -0.39 is 24.5 Å². The van der Waals surface area contributed by atoms with Gasteiger partial charge in [-0.25, -0.2) is 9.59 Å². The third kappa shape index (κ3) is 4.90. The lowest BCUT2D eigenvalue weighted by molar-refractivity contribution is -0.323. The second-order valence-corrected chi connectivity index (χ2v) is 3.86. The quantitative estimate of drug-likeness (QED) is 0.460. The Balaban J connectivity index is 2.57. The van der Waals surface area contributed by atoms with Crippen molar-refractivity contribution in [3.05, 3.63) is 48.0 Å². The fraction of sp³-hybridized carbons (Fsp3) is 0.231. The minimum atomic E-state index is -2.89. The van der Waals surface area contributed by atoms with Crippen LogP contribution in [0.5, 0.6) is 0 Å². The minimum Gasteiger partial charge on any atom is -0.452 e. The van der Waals surface area contributed by atoms with Crippen molar-refractivity contribution in [1.82, 2.24) is 0 Å². The molecule has 0 radical (unpaired) electrons. The van der Waals surface area contributed by atoms with E-state index in [1.54, 1.807) is 18.2 Å². The molecule has 6 nitrogen and oxygen atoms in total. The van der Waals surface area contributed by atoms with Crippen molar-refractivity contribution in [3.8, 4) is 0 Å². The van der Waals surface area contributed by atoms with Crippen molar-refractivity contribution < 1.29 is 29.3 Å². The molecular weight excluding hydrogens is 252 g/mol. The topological polar surface area (TPSA) is 93.1 Å². The van der Waals surface area contributed by atoms with Gasteiger partial charge in [-0.05, 0) is 19.1 Å². The predicted molar refractivity (Wildman–Crippen MR) is 64.8 cm³/mol. The fourth-order valence-corrected chi connectivity index (χ4v) is 1.09. The van der Waals surface area contributed by atoms with Gasteiger partial charge in [0.05, 0.1) is 5.56 Å².